The highest BCUT2D eigenvalue weighted by atomic mass is 19.4. The largest absolute Gasteiger partial charge is 0.408 e. The van der Waals surface area contributed by atoms with Gasteiger partial charge in [0, 0.05) is 11.8 Å². The lowest BCUT2D eigenvalue weighted by molar-refractivity contribution is -0.142. The lowest BCUT2D eigenvalue weighted by atomic mass is 10.0. The molecule has 0 saturated heterocycles. The van der Waals surface area contributed by atoms with E-state index in [-0.39, 0.29) is 5.92 Å². The van der Waals surface area contributed by atoms with E-state index in [4.69, 9.17) is 0 Å². The summed E-state index contributed by atoms with van der Waals surface area (Å²) in [5, 5.41) is 4.07. The SMILES string of the molecule is CC(C)c1nn(CC(F)(F)F)cc1-c1ccccc1. The van der Waals surface area contributed by atoms with Crippen molar-refractivity contribution in [2.45, 2.75) is 32.5 Å². The van der Waals surface area contributed by atoms with Crippen molar-refractivity contribution >= 4 is 0 Å². The van der Waals surface area contributed by atoms with Crippen LogP contribution in [0.15, 0.2) is 36.5 Å². The number of benzene rings is 1. The molecule has 2 rings (SSSR count). The third kappa shape index (κ3) is 3.36. The second-order valence-corrected chi connectivity index (χ2v) is 4.76. The minimum absolute atomic E-state index is 0.0738. The summed E-state index contributed by atoms with van der Waals surface area (Å²) in [4.78, 5) is 0. The zero-order valence-corrected chi connectivity index (χ0v) is 10.8. The molecule has 0 unspecified atom stereocenters. The lowest BCUT2D eigenvalue weighted by Crippen LogP contribution is -2.18. The molecule has 5 heteroatoms. The van der Waals surface area contributed by atoms with Crippen LogP contribution in [0.3, 0.4) is 0 Å². The van der Waals surface area contributed by atoms with Crippen LogP contribution in [0.1, 0.15) is 25.5 Å². The summed E-state index contributed by atoms with van der Waals surface area (Å²) in [7, 11) is 0. The van der Waals surface area contributed by atoms with Crippen LogP contribution < -0.4 is 0 Å². The molecule has 0 spiro atoms. The zero-order chi connectivity index (χ0) is 14.0. The molecule has 0 fully saturated rings. The Kier molecular flexibility index (Phi) is 3.64. The molecule has 0 aliphatic rings. The standard InChI is InChI=1S/C14H15F3N2/c1-10(2)13-12(11-6-4-3-5-7-11)8-19(18-13)9-14(15,16)17/h3-8,10H,9H2,1-2H3. The van der Waals surface area contributed by atoms with Crippen molar-refractivity contribution in [2.24, 2.45) is 0 Å². The average molecular weight is 268 g/mol. The smallest absolute Gasteiger partial charge is 0.263 e. The fourth-order valence-electron chi connectivity index (χ4n) is 1.97. The predicted octanol–water partition coefficient (Wildman–Crippen LogP) is 4.24. The molecule has 1 heterocycles. The van der Waals surface area contributed by atoms with Crippen molar-refractivity contribution < 1.29 is 13.2 Å². The Balaban J connectivity index is 2.42. The molecule has 0 saturated carbocycles. The van der Waals surface area contributed by atoms with Crippen LogP contribution >= 0.6 is 0 Å². The Hall–Kier alpha value is -1.78. The van der Waals surface area contributed by atoms with Crippen molar-refractivity contribution in [3.8, 4) is 11.1 Å². The van der Waals surface area contributed by atoms with Gasteiger partial charge in [0.1, 0.15) is 6.54 Å². The van der Waals surface area contributed by atoms with E-state index in [0.717, 1.165) is 15.8 Å². The number of nitrogens with zero attached hydrogens (tertiary/aromatic N) is 2. The summed E-state index contributed by atoms with van der Waals surface area (Å²) in [5.41, 5.74) is 2.34. The number of hydrogen-bond donors (Lipinski definition) is 0. The molecule has 0 aliphatic carbocycles. The first-order chi connectivity index (χ1) is 8.87. The number of rotatable bonds is 3. The normalized spacial score (nSPS) is 12.1. The van der Waals surface area contributed by atoms with Gasteiger partial charge >= 0.3 is 6.18 Å². The van der Waals surface area contributed by atoms with Crippen LogP contribution in [-0.2, 0) is 6.54 Å². The third-order valence-electron chi connectivity index (χ3n) is 2.76. The Morgan fingerprint density at radius 3 is 2.32 bits per heavy atom. The molecule has 0 radical (unpaired) electrons. The van der Waals surface area contributed by atoms with Crippen LogP contribution in [0, 0.1) is 0 Å². The lowest BCUT2D eigenvalue weighted by Gasteiger charge is -2.05. The van der Waals surface area contributed by atoms with E-state index in [1.165, 1.54) is 6.20 Å². The van der Waals surface area contributed by atoms with E-state index in [9.17, 15) is 13.2 Å². The molecule has 2 nitrogen and oxygen atoms in total. The average Bonchev–Trinajstić information content (AvgIpc) is 2.72. The van der Waals surface area contributed by atoms with Gasteiger partial charge in [-0.05, 0) is 11.5 Å². The van der Waals surface area contributed by atoms with Gasteiger partial charge in [-0.3, -0.25) is 4.68 Å². The topological polar surface area (TPSA) is 17.8 Å². The molecular weight excluding hydrogens is 253 g/mol. The van der Waals surface area contributed by atoms with Crippen molar-refractivity contribution in [3.05, 3.63) is 42.2 Å². The first-order valence-electron chi connectivity index (χ1n) is 6.06. The Labute approximate surface area is 109 Å². The van der Waals surface area contributed by atoms with Gasteiger partial charge in [0.05, 0.1) is 5.69 Å². The van der Waals surface area contributed by atoms with E-state index in [2.05, 4.69) is 5.10 Å². The zero-order valence-electron chi connectivity index (χ0n) is 10.8. The maximum absolute atomic E-state index is 12.4. The van der Waals surface area contributed by atoms with E-state index >= 15 is 0 Å². The number of aromatic nitrogens is 2. The van der Waals surface area contributed by atoms with Crippen LogP contribution in [0.2, 0.25) is 0 Å². The first kappa shape index (κ1) is 13.6. The molecule has 2 aromatic rings. The summed E-state index contributed by atoms with van der Waals surface area (Å²) in [6.07, 6.45) is -2.79. The quantitative estimate of drug-likeness (QED) is 0.814. The van der Waals surface area contributed by atoms with Crippen LogP contribution in [0.25, 0.3) is 11.1 Å². The minimum atomic E-state index is -4.26. The fraction of sp³-hybridized carbons (Fsp3) is 0.357. The molecular formula is C14H15F3N2. The van der Waals surface area contributed by atoms with E-state index in [1.807, 2.05) is 44.2 Å². The van der Waals surface area contributed by atoms with Crippen molar-refractivity contribution in [3.63, 3.8) is 0 Å². The Morgan fingerprint density at radius 2 is 1.79 bits per heavy atom. The minimum Gasteiger partial charge on any atom is -0.263 e. The number of alkyl halides is 3. The molecule has 0 atom stereocenters. The molecule has 0 aliphatic heterocycles. The van der Waals surface area contributed by atoms with Gasteiger partial charge in [0.15, 0.2) is 0 Å². The summed E-state index contributed by atoms with van der Waals surface area (Å²) in [6.45, 7) is 2.79. The molecule has 19 heavy (non-hydrogen) atoms. The third-order valence-corrected chi connectivity index (χ3v) is 2.76. The van der Waals surface area contributed by atoms with Crippen molar-refractivity contribution in [1.82, 2.24) is 9.78 Å². The second-order valence-electron chi connectivity index (χ2n) is 4.76. The van der Waals surface area contributed by atoms with Gasteiger partial charge in [-0.15, -0.1) is 0 Å². The monoisotopic (exact) mass is 268 g/mol. The highest BCUT2D eigenvalue weighted by molar-refractivity contribution is 5.65. The van der Waals surface area contributed by atoms with Gasteiger partial charge in [0.25, 0.3) is 0 Å². The Bertz CT molecular complexity index is 542. The van der Waals surface area contributed by atoms with Crippen LogP contribution in [0.5, 0.6) is 0 Å². The van der Waals surface area contributed by atoms with Gasteiger partial charge in [-0.1, -0.05) is 44.2 Å². The molecule has 0 bridgehead atoms. The van der Waals surface area contributed by atoms with Gasteiger partial charge in [-0.25, -0.2) is 0 Å². The fourth-order valence-corrected chi connectivity index (χ4v) is 1.97. The van der Waals surface area contributed by atoms with Gasteiger partial charge < -0.3 is 0 Å². The highest BCUT2D eigenvalue weighted by Gasteiger charge is 2.29. The molecule has 0 amide bonds. The number of halogens is 3. The molecule has 1 aromatic heterocycles. The Morgan fingerprint density at radius 1 is 1.16 bits per heavy atom. The van der Waals surface area contributed by atoms with Gasteiger partial charge in [0.2, 0.25) is 0 Å². The van der Waals surface area contributed by atoms with Crippen molar-refractivity contribution in [2.75, 3.05) is 0 Å². The number of hydrogen-bond acceptors (Lipinski definition) is 1. The maximum Gasteiger partial charge on any atom is 0.408 e. The summed E-state index contributed by atoms with van der Waals surface area (Å²) in [5.74, 6) is 0.0738. The molecule has 1 aromatic carbocycles. The van der Waals surface area contributed by atoms with Crippen LogP contribution in [0.4, 0.5) is 13.2 Å². The predicted molar refractivity (Wildman–Crippen MR) is 67.8 cm³/mol. The van der Waals surface area contributed by atoms with E-state index in [1.54, 1.807) is 0 Å². The van der Waals surface area contributed by atoms with Crippen LogP contribution in [-0.4, -0.2) is 16.0 Å². The highest BCUT2D eigenvalue weighted by Crippen LogP contribution is 2.29. The summed E-state index contributed by atoms with van der Waals surface area (Å²) >= 11 is 0. The van der Waals surface area contributed by atoms with E-state index in [0.29, 0.717) is 5.69 Å². The van der Waals surface area contributed by atoms with E-state index < -0.39 is 12.7 Å². The summed E-state index contributed by atoms with van der Waals surface area (Å²) in [6, 6.07) is 9.35. The van der Waals surface area contributed by atoms with Crippen molar-refractivity contribution in [1.29, 1.82) is 0 Å². The second kappa shape index (κ2) is 5.07. The maximum atomic E-state index is 12.4. The molecule has 0 N–H and O–H groups in total. The summed E-state index contributed by atoms with van der Waals surface area (Å²) < 4.78 is 38.2. The first-order valence-corrected chi connectivity index (χ1v) is 6.06. The van der Waals surface area contributed by atoms with Gasteiger partial charge in [-0.2, -0.15) is 18.3 Å². The molecule has 102 valence electrons.